The van der Waals surface area contributed by atoms with Gasteiger partial charge in [0.15, 0.2) is 8.32 Å². The van der Waals surface area contributed by atoms with Crippen molar-refractivity contribution in [1.82, 2.24) is 0 Å². The Balaban J connectivity index is 3.21. The molecular weight excluding hydrogens is 158 g/mol. The Kier molecular flexibility index (Phi) is 4.94. The second-order valence-electron chi connectivity index (χ2n) is 3.27. The zero-order valence-electron chi connectivity index (χ0n) is 7.37. The largest absolute Gasteiger partial charge is 0.418 e. The fraction of sp³-hybridized carbons (Fsp3) is 1.00. The lowest BCUT2D eigenvalue weighted by atomic mass is 10.5. The lowest BCUT2D eigenvalue weighted by molar-refractivity contribution is 0.307. The molecule has 0 spiro atoms. The fourth-order valence-corrected chi connectivity index (χ4v) is 1.32. The Hall–Kier alpha value is -0.513. The average molecular weight is 173 g/mol. The third-order valence-corrected chi connectivity index (χ3v) is 2.07. The number of hydrogen-bond donors (Lipinski definition) is 0. The molecule has 0 aliphatic rings. The molecular formula is C6H15N3OSi. The maximum absolute atomic E-state index is 7.95. The van der Waals surface area contributed by atoms with Gasteiger partial charge >= 0.3 is 0 Å². The van der Waals surface area contributed by atoms with Gasteiger partial charge < -0.3 is 4.43 Å². The van der Waals surface area contributed by atoms with Crippen LogP contribution >= 0.6 is 0 Å². The van der Waals surface area contributed by atoms with Crippen molar-refractivity contribution >= 4 is 8.32 Å². The van der Waals surface area contributed by atoms with Crippen LogP contribution in [0.2, 0.25) is 19.6 Å². The summed E-state index contributed by atoms with van der Waals surface area (Å²) in [5.74, 6) is 0. The molecule has 0 saturated carbocycles. The molecule has 0 aromatic rings. The molecule has 64 valence electrons. The van der Waals surface area contributed by atoms with E-state index in [2.05, 4.69) is 29.7 Å². The molecule has 0 radical (unpaired) electrons. The summed E-state index contributed by atoms with van der Waals surface area (Å²) in [7, 11) is -1.35. The van der Waals surface area contributed by atoms with Crippen LogP contribution < -0.4 is 0 Å². The predicted molar refractivity (Wildman–Crippen MR) is 47.9 cm³/mol. The quantitative estimate of drug-likeness (QED) is 0.207. The van der Waals surface area contributed by atoms with Crippen molar-refractivity contribution < 1.29 is 4.43 Å². The summed E-state index contributed by atoms with van der Waals surface area (Å²) in [5.41, 5.74) is 7.95. The monoisotopic (exact) mass is 173 g/mol. The summed E-state index contributed by atoms with van der Waals surface area (Å²) in [6, 6.07) is 0. The van der Waals surface area contributed by atoms with E-state index in [4.69, 9.17) is 9.96 Å². The van der Waals surface area contributed by atoms with Gasteiger partial charge in [0, 0.05) is 18.1 Å². The van der Waals surface area contributed by atoms with Crippen LogP contribution in [0.1, 0.15) is 6.42 Å². The smallest absolute Gasteiger partial charge is 0.183 e. The maximum Gasteiger partial charge on any atom is 0.183 e. The van der Waals surface area contributed by atoms with E-state index in [-0.39, 0.29) is 0 Å². The molecule has 0 aliphatic heterocycles. The summed E-state index contributed by atoms with van der Waals surface area (Å²) < 4.78 is 5.53. The SMILES string of the molecule is C[Si](C)(C)OCCCN=[N+]=[N-]. The second kappa shape index (κ2) is 5.18. The van der Waals surface area contributed by atoms with Crippen LogP contribution in [-0.4, -0.2) is 21.5 Å². The first-order chi connectivity index (χ1) is 5.06. The van der Waals surface area contributed by atoms with Gasteiger partial charge in [0.05, 0.1) is 0 Å². The minimum absolute atomic E-state index is 0.543. The summed E-state index contributed by atoms with van der Waals surface area (Å²) in [4.78, 5) is 2.65. The van der Waals surface area contributed by atoms with Gasteiger partial charge in [0.1, 0.15) is 0 Å². The van der Waals surface area contributed by atoms with Gasteiger partial charge in [-0.3, -0.25) is 0 Å². The molecule has 0 fully saturated rings. The Bertz CT molecular complexity index is 148. The van der Waals surface area contributed by atoms with Crippen molar-refractivity contribution in [3.05, 3.63) is 10.4 Å². The highest BCUT2D eigenvalue weighted by atomic mass is 28.4. The van der Waals surface area contributed by atoms with Crippen LogP contribution in [0.4, 0.5) is 0 Å². The Morgan fingerprint density at radius 3 is 2.55 bits per heavy atom. The standard InChI is InChI=1S/C6H15N3OSi/c1-11(2,3)10-6-4-5-8-9-7/h4-6H2,1-3H3. The summed E-state index contributed by atoms with van der Waals surface area (Å²) in [6.45, 7) is 7.68. The van der Waals surface area contributed by atoms with Crippen LogP contribution in [0.5, 0.6) is 0 Å². The van der Waals surface area contributed by atoms with E-state index in [1.807, 2.05) is 0 Å². The number of hydrogen-bond acceptors (Lipinski definition) is 2. The Morgan fingerprint density at radius 1 is 1.45 bits per heavy atom. The third kappa shape index (κ3) is 9.49. The molecule has 0 atom stereocenters. The molecule has 0 unspecified atom stereocenters. The minimum Gasteiger partial charge on any atom is -0.418 e. The Labute approximate surface area is 68.3 Å². The van der Waals surface area contributed by atoms with Crippen LogP contribution in [0.3, 0.4) is 0 Å². The van der Waals surface area contributed by atoms with Crippen molar-refractivity contribution in [3.63, 3.8) is 0 Å². The van der Waals surface area contributed by atoms with Crippen molar-refractivity contribution in [2.75, 3.05) is 13.2 Å². The van der Waals surface area contributed by atoms with Crippen molar-refractivity contribution in [1.29, 1.82) is 0 Å². The lowest BCUT2D eigenvalue weighted by Crippen LogP contribution is -2.25. The summed E-state index contributed by atoms with van der Waals surface area (Å²) >= 11 is 0. The van der Waals surface area contributed by atoms with Gasteiger partial charge in [0.2, 0.25) is 0 Å². The van der Waals surface area contributed by atoms with Crippen molar-refractivity contribution in [2.45, 2.75) is 26.1 Å². The molecule has 0 bridgehead atoms. The van der Waals surface area contributed by atoms with Crippen LogP contribution in [0.15, 0.2) is 5.11 Å². The van der Waals surface area contributed by atoms with Crippen LogP contribution in [0, 0.1) is 0 Å². The molecule has 11 heavy (non-hydrogen) atoms. The van der Waals surface area contributed by atoms with E-state index in [9.17, 15) is 0 Å². The van der Waals surface area contributed by atoms with Crippen molar-refractivity contribution in [2.24, 2.45) is 5.11 Å². The zero-order valence-corrected chi connectivity index (χ0v) is 8.37. The van der Waals surface area contributed by atoms with Crippen molar-refractivity contribution in [3.8, 4) is 0 Å². The molecule has 0 aliphatic carbocycles. The van der Waals surface area contributed by atoms with E-state index in [1.54, 1.807) is 0 Å². The van der Waals surface area contributed by atoms with Gasteiger partial charge in [-0.1, -0.05) is 5.11 Å². The highest BCUT2D eigenvalue weighted by Gasteiger charge is 2.12. The highest BCUT2D eigenvalue weighted by molar-refractivity contribution is 6.69. The summed E-state index contributed by atoms with van der Waals surface area (Å²) in [5, 5.41) is 3.41. The van der Waals surface area contributed by atoms with E-state index < -0.39 is 8.32 Å². The first-order valence-electron chi connectivity index (χ1n) is 3.71. The molecule has 0 heterocycles. The molecule has 4 nitrogen and oxygen atoms in total. The molecule has 0 aromatic carbocycles. The molecule has 0 aromatic heterocycles. The van der Waals surface area contributed by atoms with E-state index in [0.29, 0.717) is 6.54 Å². The average Bonchev–Trinajstić information content (AvgIpc) is 1.85. The molecule has 5 heteroatoms. The van der Waals surface area contributed by atoms with Crippen LogP contribution in [0.25, 0.3) is 10.4 Å². The van der Waals surface area contributed by atoms with E-state index in [0.717, 1.165) is 13.0 Å². The Morgan fingerprint density at radius 2 is 2.09 bits per heavy atom. The second-order valence-corrected chi connectivity index (χ2v) is 7.78. The van der Waals surface area contributed by atoms with E-state index >= 15 is 0 Å². The number of azide groups is 1. The normalized spacial score (nSPS) is 10.8. The van der Waals surface area contributed by atoms with Gasteiger partial charge in [-0.25, -0.2) is 0 Å². The molecule has 0 saturated heterocycles. The van der Waals surface area contributed by atoms with E-state index in [1.165, 1.54) is 0 Å². The minimum atomic E-state index is -1.35. The number of rotatable bonds is 5. The van der Waals surface area contributed by atoms with Gasteiger partial charge in [-0.05, 0) is 31.6 Å². The van der Waals surface area contributed by atoms with Crippen LogP contribution in [-0.2, 0) is 4.43 Å². The van der Waals surface area contributed by atoms with Gasteiger partial charge in [0.25, 0.3) is 0 Å². The van der Waals surface area contributed by atoms with Gasteiger partial charge in [-0.15, -0.1) is 0 Å². The molecule has 0 rings (SSSR count). The first-order valence-corrected chi connectivity index (χ1v) is 7.12. The highest BCUT2D eigenvalue weighted by Crippen LogP contribution is 2.02. The lowest BCUT2D eigenvalue weighted by Gasteiger charge is -2.16. The van der Waals surface area contributed by atoms with Gasteiger partial charge in [-0.2, -0.15) is 0 Å². The fourth-order valence-electron chi connectivity index (χ4n) is 0.558. The zero-order chi connectivity index (χ0) is 8.74. The maximum atomic E-state index is 7.95. The molecule has 0 amide bonds. The predicted octanol–water partition coefficient (Wildman–Crippen LogP) is 2.54. The summed E-state index contributed by atoms with van der Waals surface area (Å²) in [6.07, 6.45) is 0.828. The first kappa shape index (κ1) is 10.5. The molecule has 0 N–H and O–H groups in total. The number of nitrogens with zero attached hydrogens (tertiary/aromatic N) is 3. The third-order valence-electron chi connectivity index (χ3n) is 1.00. The topological polar surface area (TPSA) is 58.0 Å².